The maximum atomic E-state index is 12.1. The van der Waals surface area contributed by atoms with Crippen molar-refractivity contribution in [1.82, 2.24) is 0 Å². The number of carbonyl (C=O) groups excluding carboxylic acids is 1. The predicted octanol–water partition coefficient (Wildman–Crippen LogP) is 4.02. The number of carbonyl (C=O) groups is 1. The summed E-state index contributed by atoms with van der Waals surface area (Å²) < 4.78 is 5.14. The Balaban J connectivity index is 1.86. The number of thioether (sulfide) groups is 1. The zero-order valence-electron chi connectivity index (χ0n) is 13.7. The first-order chi connectivity index (χ1) is 11.0. The highest BCUT2D eigenvalue weighted by molar-refractivity contribution is 7.99. The van der Waals surface area contributed by atoms with E-state index in [4.69, 9.17) is 10.5 Å². The van der Waals surface area contributed by atoms with Crippen LogP contribution in [0.5, 0.6) is 5.75 Å². The molecule has 0 spiro atoms. The van der Waals surface area contributed by atoms with Crippen LogP contribution >= 0.6 is 11.8 Å². The van der Waals surface area contributed by atoms with Gasteiger partial charge in [0.2, 0.25) is 5.91 Å². The van der Waals surface area contributed by atoms with Gasteiger partial charge in [-0.05, 0) is 49.2 Å². The van der Waals surface area contributed by atoms with Crippen molar-refractivity contribution in [3.8, 4) is 5.75 Å². The molecular weight excluding hydrogens is 308 g/mol. The van der Waals surface area contributed by atoms with Crippen molar-refractivity contribution >= 4 is 29.0 Å². The fraction of sp³-hybridized carbons (Fsp3) is 0.278. The van der Waals surface area contributed by atoms with Gasteiger partial charge in [-0.1, -0.05) is 6.07 Å². The van der Waals surface area contributed by atoms with Crippen LogP contribution in [0.1, 0.15) is 17.5 Å². The van der Waals surface area contributed by atoms with Gasteiger partial charge in [0.1, 0.15) is 5.75 Å². The van der Waals surface area contributed by atoms with Gasteiger partial charge in [0, 0.05) is 23.1 Å². The van der Waals surface area contributed by atoms with Crippen molar-refractivity contribution in [2.45, 2.75) is 25.2 Å². The molecule has 0 aliphatic heterocycles. The number of methoxy groups -OCH3 is 1. The second-order valence-corrected chi connectivity index (χ2v) is 6.51. The highest BCUT2D eigenvalue weighted by Gasteiger charge is 2.07. The standard InChI is InChI=1S/C18H22N2O2S/c1-12-4-6-15(10-13(12)2)23-9-8-18(21)20-17-11-14(22-3)5-7-16(17)19/h4-7,10-11H,8-9,19H2,1-3H3,(H,20,21). The first-order valence-corrected chi connectivity index (χ1v) is 8.41. The summed E-state index contributed by atoms with van der Waals surface area (Å²) in [5.41, 5.74) is 9.53. The van der Waals surface area contributed by atoms with Crippen LogP contribution in [0, 0.1) is 13.8 Å². The molecule has 2 aromatic rings. The number of hydrogen-bond donors (Lipinski definition) is 2. The van der Waals surface area contributed by atoms with Crippen LogP contribution in [0.3, 0.4) is 0 Å². The molecule has 23 heavy (non-hydrogen) atoms. The van der Waals surface area contributed by atoms with Crippen LogP contribution in [-0.2, 0) is 4.79 Å². The lowest BCUT2D eigenvalue weighted by Gasteiger charge is -2.10. The molecule has 0 unspecified atom stereocenters. The molecule has 0 radical (unpaired) electrons. The fourth-order valence-corrected chi connectivity index (χ4v) is 3.00. The van der Waals surface area contributed by atoms with E-state index in [0.29, 0.717) is 23.5 Å². The van der Waals surface area contributed by atoms with Gasteiger partial charge in [-0.15, -0.1) is 11.8 Å². The van der Waals surface area contributed by atoms with Gasteiger partial charge in [-0.2, -0.15) is 0 Å². The molecule has 0 aliphatic carbocycles. The van der Waals surface area contributed by atoms with Gasteiger partial charge in [0.25, 0.3) is 0 Å². The third-order valence-corrected chi connectivity index (χ3v) is 4.61. The van der Waals surface area contributed by atoms with E-state index in [2.05, 4.69) is 37.4 Å². The van der Waals surface area contributed by atoms with Crippen molar-refractivity contribution in [2.24, 2.45) is 0 Å². The Morgan fingerprint density at radius 2 is 1.96 bits per heavy atom. The molecule has 0 aliphatic rings. The number of aryl methyl sites for hydroxylation is 2. The highest BCUT2D eigenvalue weighted by Crippen LogP contribution is 2.25. The Labute approximate surface area is 141 Å². The maximum absolute atomic E-state index is 12.1. The molecule has 1 amide bonds. The molecular formula is C18H22N2O2S. The van der Waals surface area contributed by atoms with Crippen molar-refractivity contribution in [2.75, 3.05) is 23.9 Å². The molecule has 0 saturated carbocycles. The molecule has 2 rings (SSSR count). The number of rotatable bonds is 6. The van der Waals surface area contributed by atoms with E-state index < -0.39 is 0 Å². The van der Waals surface area contributed by atoms with Gasteiger partial charge in [0.05, 0.1) is 18.5 Å². The van der Waals surface area contributed by atoms with Crippen LogP contribution in [0.2, 0.25) is 0 Å². The zero-order valence-corrected chi connectivity index (χ0v) is 14.5. The minimum absolute atomic E-state index is 0.0544. The average Bonchev–Trinajstić information content (AvgIpc) is 2.53. The normalized spacial score (nSPS) is 10.4. The number of anilines is 2. The first-order valence-electron chi connectivity index (χ1n) is 7.43. The van der Waals surface area contributed by atoms with Gasteiger partial charge in [-0.3, -0.25) is 4.79 Å². The van der Waals surface area contributed by atoms with E-state index in [1.165, 1.54) is 16.0 Å². The summed E-state index contributed by atoms with van der Waals surface area (Å²) in [6.07, 6.45) is 0.425. The Hall–Kier alpha value is -2.14. The fourth-order valence-electron chi connectivity index (χ4n) is 2.05. The summed E-state index contributed by atoms with van der Waals surface area (Å²) in [5, 5.41) is 2.83. The minimum Gasteiger partial charge on any atom is -0.497 e. The SMILES string of the molecule is COc1ccc(N)c(NC(=O)CCSc2ccc(C)c(C)c2)c1. The highest BCUT2D eigenvalue weighted by atomic mass is 32.2. The molecule has 0 aromatic heterocycles. The molecule has 4 nitrogen and oxygen atoms in total. The van der Waals surface area contributed by atoms with Crippen LogP contribution in [0.25, 0.3) is 0 Å². The van der Waals surface area contributed by atoms with Crippen LogP contribution in [-0.4, -0.2) is 18.8 Å². The van der Waals surface area contributed by atoms with E-state index in [9.17, 15) is 4.79 Å². The second-order valence-electron chi connectivity index (χ2n) is 5.35. The number of amides is 1. The van der Waals surface area contributed by atoms with E-state index in [1.54, 1.807) is 37.1 Å². The summed E-state index contributed by atoms with van der Waals surface area (Å²) in [4.78, 5) is 13.2. The molecule has 0 atom stereocenters. The number of nitrogen functional groups attached to an aromatic ring is 1. The molecule has 0 heterocycles. The lowest BCUT2D eigenvalue weighted by molar-refractivity contribution is -0.115. The quantitative estimate of drug-likeness (QED) is 0.620. The van der Waals surface area contributed by atoms with E-state index in [1.807, 2.05) is 0 Å². The predicted molar refractivity (Wildman–Crippen MR) is 97.3 cm³/mol. The van der Waals surface area contributed by atoms with Gasteiger partial charge in [0.15, 0.2) is 0 Å². The van der Waals surface area contributed by atoms with Crippen molar-refractivity contribution < 1.29 is 9.53 Å². The van der Waals surface area contributed by atoms with Gasteiger partial charge in [-0.25, -0.2) is 0 Å². The zero-order chi connectivity index (χ0) is 16.8. The molecule has 3 N–H and O–H groups in total. The van der Waals surface area contributed by atoms with Crippen molar-refractivity contribution in [1.29, 1.82) is 0 Å². The average molecular weight is 330 g/mol. The Bertz CT molecular complexity index is 701. The molecule has 0 fully saturated rings. The first kappa shape index (κ1) is 17.2. The Morgan fingerprint density at radius 1 is 1.17 bits per heavy atom. The van der Waals surface area contributed by atoms with Crippen molar-refractivity contribution in [3.05, 3.63) is 47.5 Å². The lowest BCUT2D eigenvalue weighted by atomic mass is 10.1. The monoisotopic (exact) mass is 330 g/mol. The third kappa shape index (κ3) is 4.93. The summed E-state index contributed by atoms with van der Waals surface area (Å²) >= 11 is 1.68. The largest absolute Gasteiger partial charge is 0.497 e. The lowest BCUT2D eigenvalue weighted by Crippen LogP contribution is -2.13. The number of ether oxygens (including phenoxy) is 1. The maximum Gasteiger partial charge on any atom is 0.225 e. The minimum atomic E-state index is -0.0544. The van der Waals surface area contributed by atoms with Crippen LogP contribution < -0.4 is 15.8 Å². The summed E-state index contributed by atoms with van der Waals surface area (Å²) in [5.74, 6) is 1.33. The van der Waals surface area contributed by atoms with Gasteiger partial charge < -0.3 is 15.8 Å². The third-order valence-electron chi connectivity index (χ3n) is 3.61. The molecule has 122 valence electrons. The molecule has 2 aromatic carbocycles. The molecule has 0 saturated heterocycles. The number of nitrogens with two attached hydrogens (primary N) is 1. The summed E-state index contributed by atoms with van der Waals surface area (Å²) in [6, 6.07) is 11.6. The Morgan fingerprint density at radius 3 is 2.65 bits per heavy atom. The van der Waals surface area contributed by atoms with E-state index in [-0.39, 0.29) is 5.91 Å². The summed E-state index contributed by atoms with van der Waals surface area (Å²) in [6.45, 7) is 4.19. The topological polar surface area (TPSA) is 64.3 Å². The van der Waals surface area contributed by atoms with E-state index in [0.717, 1.165) is 5.75 Å². The van der Waals surface area contributed by atoms with E-state index >= 15 is 0 Å². The number of benzene rings is 2. The van der Waals surface area contributed by atoms with Crippen LogP contribution in [0.15, 0.2) is 41.3 Å². The molecule has 5 heteroatoms. The number of nitrogens with one attached hydrogen (secondary N) is 1. The summed E-state index contributed by atoms with van der Waals surface area (Å²) in [7, 11) is 1.58. The number of hydrogen-bond acceptors (Lipinski definition) is 4. The second kappa shape index (κ2) is 7.92. The molecule has 0 bridgehead atoms. The van der Waals surface area contributed by atoms with Gasteiger partial charge >= 0.3 is 0 Å². The smallest absolute Gasteiger partial charge is 0.225 e. The van der Waals surface area contributed by atoms with Crippen LogP contribution in [0.4, 0.5) is 11.4 Å². The van der Waals surface area contributed by atoms with Crippen molar-refractivity contribution in [3.63, 3.8) is 0 Å². The Kier molecular flexibility index (Phi) is 5.93.